The highest BCUT2D eigenvalue weighted by atomic mass is 16.5. The second-order valence-electron chi connectivity index (χ2n) is 8.39. The number of hydrogen-bond donors (Lipinski definition) is 2. The molecule has 3 aromatic rings. The van der Waals surface area contributed by atoms with Crippen LogP contribution in [0.15, 0.2) is 42.6 Å². The van der Waals surface area contributed by atoms with Crippen molar-refractivity contribution in [2.45, 2.75) is 26.3 Å². The number of para-hydroxylation sites is 2. The fourth-order valence-corrected chi connectivity index (χ4v) is 4.05. The summed E-state index contributed by atoms with van der Waals surface area (Å²) < 4.78 is 5.67. The molecule has 4 rings (SSSR count). The molecule has 2 aromatic carbocycles. The Bertz CT molecular complexity index is 1100. The molecule has 0 atom stereocenters. The van der Waals surface area contributed by atoms with Crippen LogP contribution in [0.5, 0.6) is 5.75 Å². The quantitative estimate of drug-likeness (QED) is 0.566. The predicted molar refractivity (Wildman–Crippen MR) is 132 cm³/mol. The van der Waals surface area contributed by atoms with Crippen molar-refractivity contribution in [2.75, 3.05) is 50.3 Å². The summed E-state index contributed by atoms with van der Waals surface area (Å²) in [5, 5.41) is 6.90. The van der Waals surface area contributed by atoms with Gasteiger partial charge in [-0.3, -0.25) is 0 Å². The monoisotopic (exact) mass is 432 g/mol. The predicted octanol–water partition coefficient (Wildman–Crippen LogP) is 4.59. The summed E-state index contributed by atoms with van der Waals surface area (Å²) in [6.07, 6.45) is 3.75. The Morgan fingerprint density at radius 3 is 2.66 bits per heavy atom. The number of likely N-dealkylation sites (N-methyl/N-ethyl adjacent to an activating group) is 1. The smallest absolute Gasteiger partial charge is 0.229 e. The third-order valence-corrected chi connectivity index (χ3v) is 5.86. The Hall–Kier alpha value is -3.32. The Labute approximate surface area is 190 Å². The molecule has 0 bridgehead atoms. The first-order valence-electron chi connectivity index (χ1n) is 11.0. The molecule has 0 aliphatic carbocycles. The number of hydrogen-bond acceptors (Lipinski definition) is 7. The summed E-state index contributed by atoms with van der Waals surface area (Å²) in [5.41, 5.74) is 6.70. The minimum Gasteiger partial charge on any atom is -0.495 e. The largest absolute Gasteiger partial charge is 0.495 e. The van der Waals surface area contributed by atoms with Gasteiger partial charge in [0.05, 0.1) is 24.2 Å². The molecule has 0 saturated carbocycles. The molecule has 0 spiro atoms. The van der Waals surface area contributed by atoms with E-state index in [1.807, 2.05) is 32.4 Å². The molecule has 0 radical (unpaired) electrons. The fraction of sp³-hybridized carbons (Fsp3) is 0.360. The van der Waals surface area contributed by atoms with Crippen molar-refractivity contribution in [3.63, 3.8) is 0 Å². The van der Waals surface area contributed by atoms with Crippen LogP contribution in [0.4, 0.5) is 28.8 Å². The van der Waals surface area contributed by atoms with E-state index >= 15 is 0 Å². The first kappa shape index (κ1) is 21.9. The number of fused-ring (bicyclic) bond motifs is 1. The number of aromatic nitrogens is 2. The molecule has 32 heavy (non-hydrogen) atoms. The Balaban J connectivity index is 1.66. The van der Waals surface area contributed by atoms with Crippen LogP contribution in [0, 0.1) is 0 Å². The maximum Gasteiger partial charge on any atom is 0.229 e. The molecule has 168 valence electrons. The number of anilines is 5. The summed E-state index contributed by atoms with van der Waals surface area (Å²) in [5.74, 6) is 2.15. The summed E-state index contributed by atoms with van der Waals surface area (Å²) in [6, 6.07) is 12.5. The number of aryl methyl sites for hydroxylation is 1. The van der Waals surface area contributed by atoms with Crippen LogP contribution in [0.3, 0.4) is 0 Å². The van der Waals surface area contributed by atoms with Crippen molar-refractivity contribution >= 4 is 28.8 Å². The second-order valence-corrected chi connectivity index (χ2v) is 8.39. The fourth-order valence-electron chi connectivity index (χ4n) is 4.05. The van der Waals surface area contributed by atoms with Gasteiger partial charge in [-0.1, -0.05) is 19.1 Å². The Morgan fingerprint density at radius 2 is 1.91 bits per heavy atom. The number of benzene rings is 2. The lowest BCUT2D eigenvalue weighted by Crippen LogP contribution is -2.26. The number of rotatable bonds is 7. The van der Waals surface area contributed by atoms with Gasteiger partial charge in [0.25, 0.3) is 0 Å². The highest BCUT2D eigenvalue weighted by Crippen LogP contribution is 2.34. The van der Waals surface area contributed by atoms with Crippen LogP contribution < -0.4 is 20.3 Å². The van der Waals surface area contributed by atoms with Gasteiger partial charge in [-0.15, -0.1) is 0 Å². The van der Waals surface area contributed by atoms with Gasteiger partial charge in [0.15, 0.2) is 0 Å². The van der Waals surface area contributed by atoms with E-state index in [9.17, 15) is 0 Å². The van der Waals surface area contributed by atoms with Gasteiger partial charge in [-0.2, -0.15) is 4.98 Å². The van der Waals surface area contributed by atoms with E-state index < -0.39 is 0 Å². The van der Waals surface area contributed by atoms with Gasteiger partial charge in [-0.05, 0) is 55.3 Å². The minimum absolute atomic E-state index is 0.537. The molecule has 2 N–H and O–H groups in total. The normalized spacial score (nSPS) is 13.4. The van der Waals surface area contributed by atoms with Gasteiger partial charge in [0.1, 0.15) is 11.6 Å². The summed E-state index contributed by atoms with van der Waals surface area (Å²) in [6.45, 7) is 4.10. The van der Waals surface area contributed by atoms with Crippen molar-refractivity contribution in [1.82, 2.24) is 14.9 Å². The zero-order valence-electron chi connectivity index (χ0n) is 19.6. The van der Waals surface area contributed by atoms with E-state index in [-0.39, 0.29) is 0 Å². The molecule has 0 saturated heterocycles. The molecular weight excluding hydrogens is 400 g/mol. The van der Waals surface area contributed by atoms with Crippen molar-refractivity contribution in [3.05, 3.63) is 59.3 Å². The standard InChI is InChI=1S/C25H32N6O/c1-6-17-15-26-25(29-24(17)27-20-9-7-8-10-22(20)30(2)3)28-21-13-19-16-31(4)12-11-18(19)14-23(21)32-5/h7-10,13-15H,6,11-12,16H2,1-5H3,(H2,26,27,28,29). The molecule has 0 amide bonds. The van der Waals surface area contributed by atoms with Gasteiger partial charge in [-0.25, -0.2) is 4.98 Å². The van der Waals surface area contributed by atoms with E-state index in [0.29, 0.717) is 5.95 Å². The second kappa shape index (κ2) is 9.44. The van der Waals surface area contributed by atoms with Crippen LogP contribution in [0.25, 0.3) is 0 Å². The Morgan fingerprint density at radius 1 is 1.09 bits per heavy atom. The van der Waals surface area contributed by atoms with Gasteiger partial charge >= 0.3 is 0 Å². The van der Waals surface area contributed by atoms with Crippen LogP contribution in [0.1, 0.15) is 23.6 Å². The van der Waals surface area contributed by atoms with Crippen molar-refractivity contribution in [2.24, 2.45) is 0 Å². The molecule has 1 aromatic heterocycles. The lowest BCUT2D eigenvalue weighted by atomic mass is 9.99. The first-order chi connectivity index (χ1) is 15.5. The summed E-state index contributed by atoms with van der Waals surface area (Å²) >= 11 is 0. The van der Waals surface area contributed by atoms with Crippen LogP contribution >= 0.6 is 0 Å². The number of methoxy groups -OCH3 is 1. The molecule has 7 nitrogen and oxygen atoms in total. The van der Waals surface area contributed by atoms with Gasteiger partial charge < -0.3 is 25.2 Å². The van der Waals surface area contributed by atoms with Crippen molar-refractivity contribution < 1.29 is 4.74 Å². The van der Waals surface area contributed by atoms with E-state index in [1.165, 1.54) is 11.1 Å². The maximum absolute atomic E-state index is 5.67. The average Bonchev–Trinajstić information content (AvgIpc) is 2.79. The number of nitrogens with zero attached hydrogens (tertiary/aromatic N) is 4. The van der Waals surface area contributed by atoms with Crippen LogP contribution in [-0.4, -0.2) is 49.7 Å². The van der Waals surface area contributed by atoms with E-state index in [1.54, 1.807) is 7.11 Å². The molecule has 0 unspecified atom stereocenters. The van der Waals surface area contributed by atoms with E-state index in [4.69, 9.17) is 9.72 Å². The van der Waals surface area contributed by atoms with Gasteiger partial charge in [0, 0.05) is 38.9 Å². The van der Waals surface area contributed by atoms with Crippen LogP contribution in [0.2, 0.25) is 0 Å². The molecular formula is C25H32N6O. The van der Waals surface area contributed by atoms with E-state index in [0.717, 1.165) is 60.1 Å². The maximum atomic E-state index is 5.67. The average molecular weight is 433 g/mol. The van der Waals surface area contributed by atoms with E-state index in [2.05, 4.69) is 63.7 Å². The summed E-state index contributed by atoms with van der Waals surface area (Å²) in [7, 11) is 7.92. The minimum atomic E-state index is 0.537. The lowest BCUT2D eigenvalue weighted by molar-refractivity contribution is 0.312. The highest BCUT2D eigenvalue weighted by molar-refractivity contribution is 5.75. The van der Waals surface area contributed by atoms with Crippen molar-refractivity contribution in [1.29, 1.82) is 0 Å². The molecule has 1 aliphatic heterocycles. The first-order valence-corrected chi connectivity index (χ1v) is 11.0. The Kier molecular flexibility index (Phi) is 6.46. The highest BCUT2D eigenvalue weighted by Gasteiger charge is 2.18. The molecule has 0 fully saturated rings. The topological polar surface area (TPSA) is 65.6 Å². The van der Waals surface area contributed by atoms with Crippen molar-refractivity contribution in [3.8, 4) is 5.75 Å². The van der Waals surface area contributed by atoms with Crippen LogP contribution in [-0.2, 0) is 19.4 Å². The lowest BCUT2D eigenvalue weighted by Gasteiger charge is -2.26. The number of nitrogens with one attached hydrogen (secondary N) is 2. The molecule has 1 aliphatic rings. The summed E-state index contributed by atoms with van der Waals surface area (Å²) in [4.78, 5) is 13.8. The van der Waals surface area contributed by atoms with Gasteiger partial charge in [0.2, 0.25) is 5.95 Å². The zero-order chi connectivity index (χ0) is 22.7. The SMILES string of the molecule is CCc1cnc(Nc2cc3c(cc2OC)CCN(C)C3)nc1Nc1ccccc1N(C)C. The molecule has 2 heterocycles. The third kappa shape index (κ3) is 4.62. The number of ether oxygens (including phenoxy) is 1. The third-order valence-electron chi connectivity index (χ3n) is 5.86. The molecule has 7 heteroatoms. The zero-order valence-corrected chi connectivity index (χ0v) is 19.6.